The predicted molar refractivity (Wildman–Crippen MR) is 92.9 cm³/mol. The van der Waals surface area contributed by atoms with Crippen molar-refractivity contribution >= 4 is 39.5 Å². The van der Waals surface area contributed by atoms with Gasteiger partial charge in [0.25, 0.3) is 5.91 Å². The highest BCUT2D eigenvalue weighted by Gasteiger charge is 2.05. The Balaban J connectivity index is 1.94. The van der Waals surface area contributed by atoms with Gasteiger partial charge in [0.1, 0.15) is 11.6 Å². The number of carbonyl (C=O) groups excluding carboxylic acids is 2. The van der Waals surface area contributed by atoms with Gasteiger partial charge in [-0.2, -0.15) is 0 Å². The molecular formula is C17H14BrFN2O3. The Morgan fingerprint density at radius 3 is 2.54 bits per heavy atom. The van der Waals surface area contributed by atoms with Gasteiger partial charge in [0.2, 0.25) is 5.91 Å². The molecule has 3 N–H and O–H groups in total. The van der Waals surface area contributed by atoms with Crippen molar-refractivity contribution in [2.75, 3.05) is 11.9 Å². The predicted octanol–water partition coefficient (Wildman–Crippen LogP) is 3.10. The Morgan fingerprint density at radius 1 is 1.21 bits per heavy atom. The molecule has 7 heteroatoms. The van der Waals surface area contributed by atoms with Crippen LogP contribution < -0.4 is 15.8 Å². The Hall–Kier alpha value is -2.67. The lowest BCUT2D eigenvalue weighted by atomic mass is 10.2. The zero-order valence-electron chi connectivity index (χ0n) is 12.5. The molecule has 5 nitrogen and oxygen atoms in total. The van der Waals surface area contributed by atoms with Crippen LogP contribution in [0.5, 0.6) is 5.75 Å². The zero-order valence-corrected chi connectivity index (χ0v) is 14.0. The van der Waals surface area contributed by atoms with Gasteiger partial charge in [-0.15, -0.1) is 0 Å². The van der Waals surface area contributed by atoms with Gasteiger partial charge in [0.15, 0.2) is 6.61 Å². The van der Waals surface area contributed by atoms with Crippen molar-refractivity contribution in [1.29, 1.82) is 0 Å². The topological polar surface area (TPSA) is 81.4 Å². The number of anilines is 1. The summed E-state index contributed by atoms with van der Waals surface area (Å²) in [6, 6.07) is 11.1. The molecular weight excluding hydrogens is 379 g/mol. The van der Waals surface area contributed by atoms with E-state index in [4.69, 9.17) is 10.5 Å². The van der Waals surface area contributed by atoms with E-state index in [-0.39, 0.29) is 12.3 Å². The highest BCUT2D eigenvalue weighted by atomic mass is 79.9. The summed E-state index contributed by atoms with van der Waals surface area (Å²) in [5.74, 6) is -1.05. The number of halogens is 2. The van der Waals surface area contributed by atoms with E-state index in [1.807, 2.05) is 0 Å². The standard InChI is InChI=1S/C17H14BrFN2O3/c18-12-4-7-15(14(19)9-12)21-17(23)8-3-11-1-5-13(6-2-11)24-10-16(20)22/h1-9H,10H2,(H2,20,22)(H,21,23). The summed E-state index contributed by atoms with van der Waals surface area (Å²) in [5, 5.41) is 2.45. The molecule has 0 spiro atoms. The van der Waals surface area contributed by atoms with Crippen LogP contribution >= 0.6 is 15.9 Å². The molecule has 2 amide bonds. The molecule has 124 valence electrons. The number of benzene rings is 2. The fraction of sp³-hybridized carbons (Fsp3) is 0.0588. The van der Waals surface area contributed by atoms with E-state index < -0.39 is 17.6 Å². The first-order chi connectivity index (χ1) is 11.4. The highest BCUT2D eigenvalue weighted by molar-refractivity contribution is 9.10. The van der Waals surface area contributed by atoms with Crippen LogP contribution in [0, 0.1) is 5.82 Å². The number of amides is 2. The van der Waals surface area contributed by atoms with E-state index in [0.717, 1.165) is 5.56 Å². The van der Waals surface area contributed by atoms with Crippen molar-refractivity contribution in [1.82, 2.24) is 0 Å². The number of nitrogens with one attached hydrogen (secondary N) is 1. The second-order valence-electron chi connectivity index (χ2n) is 4.77. The van der Waals surface area contributed by atoms with E-state index in [1.54, 1.807) is 36.4 Å². The molecule has 0 aromatic heterocycles. The van der Waals surface area contributed by atoms with Crippen molar-refractivity contribution in [3.05, 3.63) is 64.4 Å². The van der Waals surface area contributed by atoms with Gasteiger partial charge >= 0.3 is 0 Å². The molecule has 0 aliphatic rings. The fourth-order valence-corrected chi connectivity index (χ4v) is 2.10. The van der Waals surface area contributed by atoms with Gasteiger partial charge in [0.05, 0.1) is 5.69 Å². The van der Waals surface area contributed by atoms with Crippen molar-refractivity contribution in [3.63, 3.8) is 0 Å². The average Bonchev–Trinajstić information content (AvgIpc) is 2.54. The summed E-state index contributed by atoms with van der Waals surface area (Å²) < 4.78 is 19.3. The Morgan fingerprint density at radius 2 is 1.92 bits per heavy atom. The summed E-state index contributed by atoms with van der Waals surface area (Å²) in [6.07, 6.45) is 2.87. The van der Waals surface area contributed by atoms with Crippen molar-refractivity contribution in [3.8, 4) is 5.75 Å². The van der Waals surface area contributed by atoms with Crippen LogP contribution in [0.3, 0.4) is 0 Å². The van der Waals surface area contributed by atoms with Gasteiger partial charge in [-0.1, -0.05) is 28.1 Å². The van der Waals surface area contributed by atoms with E-state index >= 15 is 0 Å². The first-order valence-electron chi connectivity index (χ1n) is 6.89. The molecule has 0 unspecified atom stereocenters. The Bertz CT molecular complexity index is 776. The lowest BCUT2D eigenvalue weighted by Gasteiger charge is -2.04. The number of primary amides is 1. The SMILES string of the molecule is NC(=O)COc1ccc(C=CC(=O)Nc2ccc(Br)cc2F)cc1. The summed E-state index contributed by atoms with van der Waals surface area (Å²) >= 11 is 3.15. The third-order valence-electron chi connectivity index (χ3n) is 2.88. The molecule has 0 fully saturated rings. The molecule has 2 aromatic carbocycles. The van der Waals surface area contributed by atoms with Gasteiger partial charge in [-0.05, 0) is 42.0 Å². The lowest BCUT2D eigenvalue weighted by molar-refractivity contribution is -0.120. The minimum absolute atomic E-state index is 0.100. The number of nitrogens with two attached hydrogens (primary N) is 1. The van der Waals surface area contributed by atoms with Gasteiger partial charge in [-0.25, -0.2) is 4.39 Å². The first-order valence-corrected chi connectivity index (χ1v) is 7.68. The van der Waals surface area contributed by atoms with E-state index in [0.29, 0.717) is 10.2 Å². The zero-order chi connectivity index (χ0) is 17.5. The van der Waals surface area contributed by atoms with Crippen LogP contribution in [-0.4, -0.2) is 18.4 Å². The Kier molecular flexibility index (Phi) is 6.08. The lowest BCUT2D eigenvalue weighted by Crippen LogP contribution is -2.19. The maximum absolute atomic E-state index is 13.6. The van der Waals surface area contributed by atoms with E-state index in [9.17, 15) is 14.0 Å². The summed E-state index contributed by atoms with van der Waals surface area (Å²) in [5.41, 5.74) is 5.83. The molecule has 0 bridgehead atoms. The quantitative estimate of drug-likeness (QED) is 0.741. The van der Waals surface area contributed by atoms with Crippen molar-refractivity contribution in [2.45, 2.75) is 0 Å². The molecule has 0 saturated heterocycles. The number of carbonyl (C=O) groups is 2. The van der Waals surface area contributed by atoms with Crippen molar-refractivity contribution < 1.29 is 18.7 Å². The number of rotatable bonds is 6. The van der Waals surface area contributed by atoms with Crippen LogP contribution in [0.2, 0.25) is 0 Å². The molecule has 0 aliphatic heterocycles. The summed E-state index contributed by atoms with van der Waals surface area (Å²) in [4.78, 5) is 22.4. The molecule has 0 atom stereocenters. The minimum atomic E-state index is -0.559. The molecule has 0 radical (unpaired) electrons. The molecule has 24 heavy (non-hydrogen) atoms. The molecule has 2 rings (SSSR count). The van der Waals surface area contributed by atoms with Gasteiger partial charge in [-0.3, -0.25) is 9.59 Å². The minimum Gasteiger partial charge on any atom is -0.484 e. The fourth-order valence-electron chi connectivity index (χ4n) is 1.77. The van der Waals surface area contributed by atoms with Crippen LogP contribution in [0.4, 0.5) is 10.1 Å². The molecule has 0 heterocycles. The van der Waals surface area contributed by atoms with Gasteiger partial charge < -0.3 is 15.8 Å². The summed E-state index contributed by atoms with van der Waals surface area (Å²) in [6.45, 7) is -0.198. The average molecular weight is 393 g/mol. The maximum atomic E-state index is 13.6. The van der Waals surface area contributed by atoms with Crippen molar-refractivity contribution in [2.24, 2.45) is 5.73 Å². The van der Waals surface area contributed by atoms with E-state index in [1.165, 1.54) is 18.2 Å². The third kappa shape index (κ3) is 5.51. The first kappa shape index (κ1) is 17.7. The van der Waals surface area contributed by atoms with Crippen LogP contribution in [-0.2, 0) is 9.59 Å². The van der Waals surface area contributed by atoms with Crippen LogP contribution in [0.1, 0.15) is 5.56 Å². The Labute approximate surface area is 146 Å². The monoisotopic (exact) mass is 392 g/mol. The summed E-state index contributed by atoms with van der Waals surface area (Å²) in [7, 11) is 0. The second-order valence-corrected chi connectivity index (χ2v) is 5.69. The smallest absolute Gasteiger partial charge is 0.255 e. The number of hydrogen-bond donors (Lipinski definition) is 2. The molecule has 0 saturated carbocycles. The second kappa shape index (κ2) is 8.26. The number of ether oxygens (including phenoxy) is 1. The third-order valence-corrected chi connectivity index (χ3v) is 3.37. The van der Waals surface area contributed by atoms with Crippen LogP contribution in [0.25, 0.3) is 6.08 Å². The molecule has 0 aliphatic carbocycles. The van der Waals surface area contributed by atoms with E-state index in [2.05, 4.69) is 21.2 Å². The highest BCUT2D eigenvalue weighted by Crippen LogP contribution is 2.19. The van der Waals surface area contributed by atoms with Gasteiger partial charge in [0, 0.05) is 10.5 Å². The maximum Gasteiger partial charge on any atom is 0.255 e. The normalized spacial score (nSPS) is 10.6. The number of hydrogen-bond acceptors (Lipinski definition) is 3. The van der Waals surface area contributed by atoms with Crippen LogP contribution in [0.15, 0.2) is 53.0 Å². The largest absolute Gasteiger partial charge is 0.484 e. The molecule has 2 aromatic rings.